The van der Waals surface area contributed by atoms with E-state index in [9.17, 15) is 0 Å². The lowest BCUT2D eigenvalue weighted by Gasteiger charge is -2.12. The van der Waals surface area contributed by atoms with Crippen LogP contribution in [0.25, 0.3) is 0 Å². The highest BCUT2D eigenvalue weighted by molar-refractivity contribution is 4.92. The minimum Gasteiger partial charge on any atom is -0.380 e. The molecule has 0 aliphatic rings. The lowest BCUT2D eigenvalue weighted by Crippen LogP contribution is -2.18. The number of ether oxygens (including phenoxy) is 1. The quantitative estimate of drug-likeness (QED) is 0.728. The molecule has 0 fully saturated rings. The second-order valence-electron chi connectivity index (χ2n) is 3.07. The Morgan fingerprint density at radius 1 is 1.69 bits per heavy atom. The van der Waals surface area contributed by atoms with E-state index in [4.69, 9.17) is 4.74 Å². The molecule has 1 N–H and O–H groups in total. The number of rotatable bonds is 5. The van der Waals surface area contributed by atoms with E-state index in [1.165, 1.54) is 0 Å². The van der Waals surface area contributed by atoms with Gasteiger partial charge < -0.3 is 14.6 Å². The van der Waals surface area contributed by atoms with Crippen molar-refractivity contribution in [3.63, 3.8) is 0 Å². The maximum absolute atomic E-state index is 5.19. The molecule has 0 bridgehead atoms. The second-order valence-corrected chi connectivity index (χ2v) is 3.07. The van der Waals surface area contributed by atoms with Crippen molar-refractivity contribution in [3.8, 4) is 0 Å². The third kappa shape index (κ3) is 2.82. The van der Waals surface area contributed by atoms with Crippen molar-refractivity contribution in [1.82, 2.24) is 14.9 Å². The number of methoxy groups -OCH3 is 1. The van der Waals surface area contributed by atoms with Crippen molar-refractivity contribution in [3.05, 3.63) is 18.2 Å². The van der Waals surface area contributed by atoms with Crippen molar-refractivity contribution in [2.75, 3.05) is 14.2 Å². The van der Waals surface area contributed by atoms with Crippen LogP contribution in [0.3, 0.4) is 0 Å². The predicted octanol–water partition coefficient (Wildman–Crippen LogP) is 0.637. The van der Waals surface area contributed by atoms with E-state index >= 15 is 0 Å². The van der Waals surface area contributed by atoms with E-state index in [1.54, 1.807) is 7.11 Å². The number of aromatic nitrogens is 2. The Morgan fingerprint density at radius 2 is 2.46 bits per heavy atom. The highest BCUT2D eigenvalue weighted by Crippen LogP contribution is 2.00. The molecule has 4 heteroatoms. The third-order valence-electron chi connectivity index (χ3n) is 1.99. The molecule has 0 amide bonds. The van der Waals surface area contributed by atoms with E-state index in [0.29, 0.717) is 0 Å². The van der Waals surface area contributed by atoms with Gasteiger partial charge in [-0.1, -0.05) is 0 Å². The number of imidazole rings is 1. The molecule has 13 heavy (non-hydrogen) atoms. The zero-order chi connectivity index (χ0) is 9.68. The van der Waals surface area contributed by atoms with E-state index in [1.807, 2.05) is 26.4 Å². The highest BCUT2D eigenvalue weighted by atomic mass is 16.5. The van der Waals surface area contributed by atoms with Crippen molar-refractivity contribution in [1.29, 1.82) is 0 Å². The number of hydrogen-bond acceptors (Lipinski definition) is 3. The van der Waals surface area contributed by atoms with Gasteiger partial charge in [-0.05, 0) is 14.0 Å². The monoisotopic (exact) mass is 183 g/mol. The summed E-state index contributed by atoms with van der Waals surface area (Å²) in [5, 5.41) is 3.08. The first kappa shape index (κ1) is 10.2. The van der Waals surface area contributed by atoms with E-state index in [0.717, 1.165) is 18.9 Å². The molecule has 0 aliphatic heterocycles. The molecule has 0 saturated carbocycles. The fraction of sp³-hybridized carbons (Fsp3) is 0.667. The first-order chi connectivity index (χ1) is 6.27. The summed E-state index contributed by atoms with van der Waals surface area (Å²) in [7, 11) is 3.64. The largest absolute Gasteiger partial charge is 0.380 e. The summed E-state index contributed by atoms with van der Waals surface area (Å²) in [5.74, 6) is 1.05. The Hall–Kier alpha value is -0.870. The number of hydrogen-bond donors (Lipinski definition) is 1. The minimum atomic E-state index is 0.227. The SMILES string of the molecule is CNCc1nccn1CC(C)OC. The highest BCUT2D eigenvalue weighted by Gasteiger charge is 2.05. The molecular weight excluding hydrogens is 166 g/mol. The lowest BCUT2D eigenvalue weighted by molar-refractivity contribution is 0.102. The predicted molar refractivity (Wildman–Crippen MR) is 51.5 cm³/mol. The average molecular weight is 183 g/mol. The molecular formula is C9H17N3O. The van der Waals surface area contributed by atoms with Crippen LogP contribution in [0.4, 0.5) is 0 Å². The molecule has 1 aromatic rings. The van der Waals surface area contributed by atoms with E-state index < -0.39 is 0 Å². The summed E-state index contributed by atoms with van der Waals surface area (Å²) >= 11 is 0. The van der Waals surface area contributed by atoms with Crippen molar-refractivity contribution >= 4 is 0 Å². The Bertz CT molecular complexity index is 247. The van der Waals surface area contributed by atoms with Gasteiger partial charge in [0.2, 0.25) is 0 Å². The van der Waals surface area contributed by atoms with Crippen molar-refractivity contribution < 1.29 is 4.74 Å². The van der Waals surface area contributed by atoms with Crippen LogP contribution in [0.1, 0.15) is 12.7 Å². The van der Waals surface area contributed by atoms with Crippen LogP contribution < -0.4 is 5.32 Å². The van der Waals surface area contributed by atoms with Crippen molar-refractivity contribution in [2.45, 2.75) is 26.1 Å². The van der Waals surface area contributed by atoms with Crippen LogP contribution in [-0.2, 0) is 17.8 Å². The van der Waals surface area contributed by atoms with Gasteiger partial charge in [-0.3, -0.25) is 0 Å². The molecule has 1 unspecified atom stereocenters. The molecule has 1 heterocycles. The van der Waals surface area contributed by atoms with Crippen LogP contribution in [0.2, 0.25) is 0 Å². The Morgan fingerprint density at radius 3 is 3.08 bits per heavy atom. The van der Waals surface area contributed by atoms with Gasteiger partial charge in [0, 0.05) is 26.0 Å². The van der Waals surface area contributed by atoms with Gasteiger partial charge in [0.25, 0.3) is 0 Å². The topological polar surface area (TPSA) is 39.1 Å². The summed E-state index contributed by atoms with van der Waals surface area (Å²) in [4.78, 5) is 4.24. The fourth-order valence-electron chi connectivity index (χ4n) is 1.18. The zero-order valence-electron chi connectivity index (χ0n) is 8.45. The molecule has 0 aromatic carbocycles. The Kier molecular flexibility index (Phi) is 3.92. The first-order valence-electron chi connectivity index (χ1n) is 4.45. The number of nitrogens with zero attached hydrogens (tertiary/aromatic N) is 2. The summed E-state index contributed by atoms with van der Waals surface area (Å²) in [6.45, 7) is 3.69. The van der Waals surface area contributed by atoms with Gasteiger partial charge in [-0.15, -0.1) is 0 Å². The van der Waals surface area contributed by atoms with Crippen LogP contribution in [0.5, 0.6) is 0 Å². The summed E-state index contributed by atoms with van der Waals surface area (Å²) < 4.78 is 7.29. The third-order valence-corrected chi connectivity index (χ3v) is 1.99. The zero-order valence-corrected chi connectivity index (χ0v) is 8.45. The Labute approximate surface area is 78.9 Å². The second kappa shape index (κ2) is 4.99. The van der Waals surface area contributed by atoms with Crippen molar-refractivity contribution in [2.24, 2.45) is 0 Å². The standard InChI is InChI=1S/C9H17N3O/c1-8(13-3)7-12-5-4-11-9(12)6-10-2/h4-5,8,10H,6-7H2,1-3H3. The first-order valence-corrected chi connectivity index (χ1v) is 4.45. The van der Waals surface area contributed by atoms with Crippen LogP contribution >= 0.6 is 0 Å². The summed E-state index contributed by atoms with van der Waals surface area (Å²) in [6.07, 6.45) is 4.02. The van der Waals surface area contributed by atoms with Gasteiger partial charge >= 0.3 is 0 Å². The smallest absolute Gasteiger partial charge is 0.122 e. The molecule has 0 spiro atoms. The minimum absolute atomic E-state index is 0.227. The van der Waals surface area contributed by atoms with Crippen LogP contribution in [0.15, 0.2) is 12.4 Å². The maximum atomic E-state index is 5.19. The summed E-state index contributed by atoms with van der Waals surface area (Å²) in [6, 6.07) is 0. The molecule has 0 saturated heterocycles. The Balaban J connectivity index is 2.59. The summed E-state index contributed by atoms with van der Waals surface area (Å²) in [5.41, 5.74) is 0. The molecule has 0 aliphatic carbocycles. The fourth-order valence-corrected chi connectivity index (χ4v) is 1.18. The van der Waals surface area contributed by atoms with Gasteiger partial charge in [-0.25, -0.2) is 4.98 Å². The van der Waals surface area contributed by atoms with Gasteiger partial charge in [0.05, 0.1) is 12.6 Å². The molecule has 4 nitrogen and oxygen atoms in total. The van der Waals surface area contributed by atoms with Gasteiger partial charge in [0.1, 0.15) is 5.82 Å². The molecule has 74 valence electrons. The van der Waals surface area contributed by atoms with Crippen LogP contribution in [0, 0.1) is 0 Å². The van der Waals surface area contributed by atoms with E-state index in [2.05, 4.69) is 14.9 Å². The average Bonchev–Trinajstić information content (AvgIpc) is 2.54. The van der Waals surface area contributed by atoms with Gasteiger partial charge in [-0.2, -0.15) is 0 Å². The molecule has 0 radical (unpaired) electrons. The number of nitrogens with one attached hydrogen (secondary N) is 1. The van der Waals surface area contributed by atoms with Crippen LogP contribution in [-0.4, -0.2) is 29.8 Å². The molecule has 1 aromatic heterocycles. The molecule has 1 atom stereocenters. The van der Waals surface area contributed by atoms with E-state index in [-0.39, 0.29) is 6.10 Å². The maximum Gasteiger partial charge on any atom is 0.122 e. The molecule has 1 rings (SSSR count). The normalized spacial score (nSPS) is 13.2. The van der Waals surface area contributed by atoms with Gasteiger partial charge in [0.15, 0.2) is 0 Å². The lowest BCUT2D eigenvalue weighted by atomic mass is 10.4.